The van der Waals surface area contributed by atoms with E-state index in [1.807, 2.05) is 31.2 Å². The lowest BCUT2D eigenvalue weighted by Crippen LogP contribution is -2.12. The van der Waals surface area contributed by atoms with Gasteiger partial charge in [0.25, 0.3) is 5.91 Å². The molecule has 2 rings (SSSR count). The van der Waals surface area contributed by atoms with Gasteiger partial charge >= 0.3 is 5.97 Å². The van der Waals surface area contributed by atoms with Crippen molar-refractivity contribution in [3.8, 4) is 23.3 Å². The number of rotatable bonds is 9. The fraction of sp³-hybridized carbons (Fsp3) is 0.174. The molecule has 0 saturated heterocycles. The van der Waals surface area contributed by atoms with Crippen LogP contribution in [0.3, 0.4) is 0 Å². The largest absolute Gasteiger partial charge is 0.493 e. The lowest BCUT2D eigenvalue weighted by atomic mass is 10.1. The summed E-state index contributed by atoms with van der Waals surface area (Å²) in [5, 5.41) is 8.94. The summed E-state index contributed by atoms with van der Waals surface area (Å²) in [4.78, 5) is 23.4. The molecule has 0 heterocycles. The molecule has 30 heavy (non-hydrogen) atoms. The van der Waals surface area contributed by atoms with E-state index in [4.69, 9.17) is 25.2 Å². The average molecular weight is 406 g/mol. The molecule has 0 aliphatic heterocycles. The quantitative estimate of drug-likeness (QED) is 0.295. The van der Waals surface area contributed by atoms with Crippen molar-refractivity contribution >= 4 is 24.0 Å². The van der Waals surface area contributed by atoms with Crippen LogP contribution in [0.1, 0.15) is 24.5 Å². The number of carbonyl (C=O) groups is 2. The molecule has 0 spiro atoms. The van der Waals surface area contributed by atoms with E-state index in [2.05, 4.69) is 0 Å². The fourth-order valence-corrected chi connectivity index (χ4v) is 2.45. The summed E-state index contributed by atoms with van der Waals surface area (Å²) in [6.07, 6.45) is 5.11. The predicted octanol–water partition coefficient (Wildman–Crippen LogP) is 3.50. The van der Waals surface area contributed by atoms with Crippen LogP contribution < -0.4 is 19.9 Å². The monoisotopic (exact) mass is 406 g/mol. The second-order valence-corrected chi connectivity index (χ2v) is 6.09. The molecule has 0 saturated carbocycles. The van der Waals surface area contributed by atoms with E-state index in [0.29, 0.717) is 17.9 Å². The van der Waals surface area contributed by atoms with Crippen molar-refractivity contribution in [2.75, 3.05) is 13.7 Å². The van der Waals surface area contributed by atoms with Crippen molar-refractivity contribution in [3.05, 3.63) is 65.2 Å². The van der Waals surface area contributed by atoms with Gasteiger partial charge in [0.15, 0.2) is 11.5 Å². The standard InChI is InChI=1S/C23H22N2O5/c1-3-12-29-19-7-5-4-6-17(19)9-11-22(26)30-20-10-8-16(14-21(20)28-2)13-18(15-24)23(25)27/h4-11,13-14H,3,12H2,1-2H3,(H2,25,27)/b11-9+,18-13+. The highest BCUT2D eigenvalue weighted by molar-refractivity contribution is 6.00. The van der Waals surface area contributed by atoms with Crippen LogP contribution in [0.15, 0.2) is 54.1 Å². The zero-order chi connectivity index (χ0) is 21.9. The van der Waals surface area contributed by atoms with Crippen molar-refractivity contribution in [2.24, 2.45) is 5.73 Å². The highest BCUT2D eigenvalue weighted by Gasteiger charge is 2.10. The molecule has 154 valence electrons. The summed E-state index contributed by atoms with van der Waals surface area (Å²) in [7, 11) is 1.41. The maximum atomic E-state index is 12.3. The number of carbonyl (C=O) groups excluding carboxylic acids is 2. The summed E-state index contributed by atoms with van der Waals surface area (Å²) in [6, 6.07) is 13.7. The van der Waals surface area contributed by atoms with Crippen LogP contribution in [0.4, 0.5) is 0 Å². The van der Waals surface area contributed by atoms with Crippen LogP contribution >= 0.6 is 0 Å². The van der Waals surface area contributed by atoms with Crippen LogP contribution in [0, 0.1) is 11.3 Å². The number of hydrogen-bond donors (Lipinski definition) is 1. The van der Waals surface area contributed by atoms with Crippen molar-refractivity contribution in [1.29, 1.82) is 5.26 Å². The first-order chi connectivity index (χ1) is 14.5. The third-order valence-corrected chi connectivity index (χ3v) is 3.87. The van der Waals surface area contributed by atoms with Crippen LogP contribution in [0.2, 0.25) is 0 Å². The van der Waals surface area contributed by atoms with Gasteiger partial charge in [-0.3, -0.25) is 4.79 Å². The molecule has 0 aromatic heterocycles. The Hall–Kier alpha value is -4.05. The number of primary amides is 1. The van der Waals surface area contributed by atoms with Gasteiger partial charge in [0, 0.05) is 11.6 Å². The Kier molecular flexibility index (Phi) is 8.21. The first kappa shape index (κ1) is 22.2. The molecule has 7 heteroatoms. The van der Waals surface area contributed by atoms with Crippen molar-refractivity contribution in [1.82, 2.24) is 0 Å². The number of ether oxygens (including phenoxy) is 3. The molecule has 0 unspecified atom stereocenters. The van der Waals surface area contributed by atoms with E-state index in [1.54, 1.807) is 18.2 Å². The van der Waals surface area contributed by atoms with Gasteiger partial charge in [-0.25, -0.2) is 4.79 Å². The SMILES string of the molecule is CCCOc1ccccc1/C=C/C(=O)Oc1ccc(/C=C(\C#N)C(N)=O)cc1OC. The number of esters is 1. The second kappa shape index (κ2) is 11.1. The normalized spacial score (nSPS) is 11.0. The highest BCUT2D eigenvalue weighted by atomic mass is 16.6. The van der Waals surface area contributed by atoms with Crippen molar-refractivity contribution in [3.63, 3.8) is 0 Å². The molecule has 2 aromatic carbocycles. The van der Waals surface area contributed by atoms with Crippen LogP contribution in [-0.4, -0.2) is 25.6 Å². The van der Waals surface area contributed by atoms with Gasteiger partial charge in [-0.15, -0.1) is 0 Å². The number of nitrogens with zero attached hydrogens (tertiary/aromatic N) is 1. The molecule has 2 N–H and O–H groups in total. The number of nitrogens with two attached hydrogens (primary N) is 1. The summed E-state index contributed by atoms with van der Waals surface area (Å²) < 4.78 is 16.2. The molecular formula is C23H22N2O5. The molecule has 0 aliphatic rings. The zero-order valence-corrected chi connectivity index (χ0v) is 16.8. The fourth-order valence-electron chi connectivity index (χ4n) is 2.45. The lowest BCUT2D eigenvalue weighted by Gasteiger charge is -2.09. The summed E-state index contributed by atoms with van der Waals surface area (Å²) >= 11 is 0. The van der Waals surface area contributed by atoms with E-state index < -0.39 is 11.9 Å². The van der Waals surface area contributed by atoms with Gasteiger partial charge < -0.3 is 19.9 Å². The van der Waals surface area contributed by atoms with Gasteiger partial charge in [-0.1, -0.05) is 31.2 Å². The number of para-hydroxylation sites is 1. The van der Waals surface area contributed by atoms with E-state index >= 15 is 0 Å². The molecule has 0 atom stereocenters. The molecule has 0 radical (unpaired) electrons. The maximum Gasteiger partial charge on any atom is 0.336 e. The first-order valence-corrected chi connectivity index (χ1v) is 9.19. The molecule has 7 nitrogen and oxygen atoms in total. The molecule has 0 bridgehead atoms. The number of hydrogen-bond acceptors (Lipinski definition) is 6. The minimum atomic E-state index is -0.833. The van der Waals surface area contributed by atoms with Gasteiger partial charge in [0.2, 0.25) is 0 Å². The number of nitriles is 1. The first-order valence-electron chi connectivity index (χ1n) is 9.19. The van der Waals surface area contributed by atoms with E-state index in [-0.39, 0.29) is 17.1 Å². The van der Waals surface area contributed by atoms with Gasteiger partial charge in [0.05, 0.1) is 13.7 Å². The maximum absolute atomic E-state index is 12.3. The minimum absolute atomic E-state index is 0.192. The molecule has 1 amide bonds. The Labute approximate surface area is 175 Å². The number of methoxy groups -OCH3 is 1. The summed E-state index contributed by atoms with van der Waals surface area (Å²) in [6.45, 7) is 2.59. The second-order valence-electron chi connectivity index (χ2n) is 6.09. The van der Waals surface area contributed by atoms with Gasteiger partial charge in [0.1, 0.15) is 17.4 Å². The van der Waals surface area contributed by atoms with Gasteiger partial charge in [-0.2, -0.15) is 5.26 Å². The van der Waals surface area contributed by atoms with Crippen molar-refractivity contribution in [2.45, 2.75) is 13.3 Å². The van der Waals surface area contributed by atoms with E-state index in [1.165, 1.54) is 31.4 Å². The third-order valence-electron chi connectivity index (χ3n) is 3.87. The average Bonchev–Trinajstić information content (AvgIpc) is 2.75. The Balaban J connectivity index is 2.17. The number of amides is 1. The minimum Gasteiger partial charge on any atom is -0.493 e. The van der Waals surface area contributed by atoms with Crippen LogP contribution in [0.25, 0.3) is 12.2 Å². The summed E-state index contributed by atoms with van der Waals surface area (Å²) in [5.41, 5.74) is 6.19. The molecule has 0 fully saturated rings. The number of benzene rings is 2. The smallest absolute Gasteiger partial charge is 0.336 e. The Morgan fingerprint density at radius 1 is 1.13 bits per heavy atom. The highest BCUT2D eigenvalue weighted by Crippen LogP contribution is 2.29. The lowest BCUT2D eigenvalue weighted by molar-refractivity contribution is -0.129. The van der Waals surface area contributed by atoms with Crippen molar-refractivity contribution < 1.29 is 23.8 Å². The predicted molar refractivity (Wildman–Crippen MR) is 113 cm³/mol. The molecular weight excluding hydrogens is 384 g/mol. The van der Waals surface area contributed by atoms with E-state index in [9.17, 15) is 9.59 Å². The van der Waals surface area contributed by atoms with E-state index in [0.717, 1.165) is 12.0 Å². The summed E-state index contributed by atoms with van der Waals surface area (Å²) in [5.74, 6) is -0.298. The third kappa shape index (κ3) is 6.24. The van der Waals surface area contributed by atoms with Crippen LogP contribution in [0.5, 0.6) is 17.2 Å². The topological polar surface area (TPSA) is 112 Å². The molecule has 0 aliphatic carbocycles. The Bertz CT molecular complexity index is 1020. The Morgan fingerprint density at radius 3 is 2.57 bits per heavy atom. The molecule has 2 aromatic rings. The van der Waals surface area contributed by atoms with Crippen LogP contribution in [-0.2, 0) is 9.59 Å². The van der Waals surface area contributed by atoms with Gasteiger partial charge in [-0.05, 0) is 42.3 Å². The zero-order valence-electron chi connectivity index (χ0n) is 16.8. The Morgan fingerprint density at radius 2 is 1.90 bits per heavy atom.